The summed E-state index contributed by atoms with van der Waals surface area (Å²) in [4.78, 5) is 35.0. The van der Waals surface area contributed by atoms with Crippen LogP contribution in [-0.2, 0) is 21.2 Å². The van der Waals surface area contributed by atoms with Gasteiger partial charge in [0.1, 0.15) is 17.8 Å². The van der Waals surface area contributed by atoms with E-state index < -0.39 is 16.0 Å². The molecule has 10 heteroatoms. The SMILES string of the molecule is Cc1cc(S(=O)(=O)NCCC(=O)O)ccc1CC(=O)c1cc(N(CC2CC2)C2CCCCC2)ncn1. The smallest absolute Gasteiger partial charge is 0.304 e. The van der Waals surface area contributed by atoms with Crippen molar-refractivity contribution in [2.45, 2.75) is 75.6 Å². The van der Waals surface area contributed by atoms with Crippen LogP contribution in [0.2, 0.25) is 0 Å². The number of hydrogen-bond acceptors (Lipinski definition) is 7. The standard InChI is InChI=1S/C26H34N4O5S/c1-18-13-22(36(34,35)29-12-11-26(32)33)10-9-20(18)14-24(31)23-15-25(28-17-27-23)30(16-19-7-8-19)21-5-3-2-4-6-21/h9-10,13,15,17,19,21,29H,2-8,11-12,14,16H2,1H3,(H,32,33). The van der Waals surface area contributed by atoms with Gasteiger partial charge in [-0.25, -0.2) is 23.1 Å². The van der Waals surface area contributed by atoms with Crippen molar-refractivity contribution in [1.29, 1.82) is 0 Å². The fourth-order valence-corrected chi connectivity index (χ4v) is 5.85. The first-order valence-electron chi connectivity index (χ1n) is 12.7. The zero-order chi connectivity index (χ0) is 25.7. The van der Waals surface area contributed by atoms with Crippen LogP contribution in [0.15, 0.2) is 35.5 Å². The highest BCUT2D eigenvalue weighted by molar-refractivity contribution is 7.89. The van der Waals surface area contributed by atoms with E-state index >= 15 is 0 Å². The van der Waals surface area contributed by atoms with Gasteiger partial charge in [-0.05, 0) is 61.8 Å². The van der Waals surface area contributed by atoms with Crippen LogP contribution in [0.3, 0.4) is 0 Å². The van der Waals surface area contributed by atoms with Crippen molar-refractivity contribution in [3.8, 4) is 0 Å². The van der Waals surface area contributed by atoms with E-state index in [1.54, 1.807) is 19.1 Å². The molecule has 0 amide bonds. The number of aromatic nitrogens is 2. The summed E-state index contributed by atoms with van der Waals surface area (Å²) in [7, 11) is -3.83. The molecule has 1 aromatic heterocycles. The number of carboxylic acid groups (broad SMARTS) is 1. The molecule has 36 heavy (non-hydrogen) atoms. The molecule has 2 fully saturated rings. The van der Waals surface area contributed by atoms with Gasteiger partial charge in [-0.2, -0.15) is 0 Å². The Balaban J connectivity index is 1.46. The third-order valence-electron chi connectivity index (χ3n) is 7.01. The zero-order valence-corrected chi connectivity index (χ0v) is 21.5. The topological polar surface area (TPSA) is 130 Å². The molecular weight excluding hydrogens is 480 g/mol. The van der Waals surface area contributed by atoms with Crippen molar-refractivity contribution >= 4 is 27.6 Å². The molecule has 0 saturated heterocycles. The molecular formula is C26H34N4O5S. The lowest BCUT2D eigenvalue weighted by atomic mass is 9.94. The molecule has 2 aromatic rings. The number of carbonyl (C=O) groups excluding carboxylic acids is 1. The molecule has 2 aliphatic carbocycles. The van der Waals surface area contributed by atoms with E-state index in [2.05, 4.69) is 19.6 Å². The Morgan fingerprint density at radius 1 is 1.08 bits per heavy atom. The number of carboxylic acids is 1. The summed E-state index contributed by atoms with van der Waals surface area (Å²) in [5.74, 6) is 0.298. The highest BCUT2D eigenvalue weighted by Crippen LogP contribution is 2.34. The maximum absolute atomic E-state index is 13.1. The lowest BCUT2D eigenvalue weighted by molar-refractivity contribution is -0.136. The van der Waals surface area contributed by atoms with Crippen LogP contribution in [-0.4, -0.2) is 54.4 Å². The average Bonchev–Trinajstić information content (AvgIpc) is 3.68. The van der Waals surface area contributed by atoms with Crippen molar-refractivity contribution in [3.05, 3.63) is 47.4 Å². The number of rotatable bonds is 12. The van der Waals surface area contributed by atoms with E-state index in [-0.39, 0.29) is 30.1 Å². The van der Waals surface area contributed by atoms with Gasteiger partial charge < -0.3 is 10.0 Å². The summed E-state index contributed by atoms with van der Waals surface area (Å²) in [5, 5.41) is 8.72. The summed E-state index contributed by atoms with van der Waals surface area (Å²) in [6, 6.07) is 6.82. The lowest BCUT2D eigenvalue weighted by Gasteiger charge is -2.35. The molecule has 9 nitrogen and oxygen atoms in total. The van der Waals surface area contributed by atoms with Gasteiger partial charge in [0.2, 0.25) is 10.0 Å². The summed E-state index contributed by atoms with van der Waals surface area (Å²) >= 11 is 0. The van der Waals surface area contributed by atoms with E-state index in [0.717, 1.165) is 25.2 Å². The number of sulfonamides is 1. The maximum atomic E-state index is 13.1. The minimum atomic E-state index is -3.83. The molecule has 0 radical (unpaired) electrons. The van der Waals surface area contributed by atoms with E-state index in [1.165, 1.54) is 50.6 Å². The van der Waals surface area contributed by atoms with Crippen molar-refractivity contribution in [2.24, 2.45) is 5.92 Å². The van der Waals surface area contributed by atoms with E-state index in [0.29, 0.717) is 28.8 Å². The first-order chi connectivity index (χ1) is 17.2. The molecule has 0 spiro atoms. The molecule has 0 atom stereocenters. The lowest BCUT2D eigenvalue weighted by Crippen LogP contribution is -2.39. The molecule has 194 valence electrons. The van der Waals surface area contributed by atoms with Crippen LogP contribution in [0.1, 0.15) is 73.0 Å². The number of nitrogens with zero attached hydrogens (tertiary/aromatic N) is 3. The molecule has 2 N–H and O–H groups in total. The Morgan fingerprint density at radius 2 is 1.83 bits per heavy atom. The number of ketones is 1. The normalized spacial score (nSPS) is 16.6. The van der Waals surface area contributed by atoms with Gasteiger partial charge in [0.15, 0.2) is 5.78 Å². The highest BCUT2D eigenvalue weighted by atomic mass is 32.2. The summed E-state index contributed by atoms with van der Waals surface area (Å²) in [6.45, 7) is 2.54. The zero-order valence-electron chi connectivity index (χ0n) is 20.6. The number of anilines is 1. The molecule has 4 rings (SSSR count). The third kappa shape index (κ3) is 6.88. The highest BCUT2D eigenvalue weighted by Gasteiger charge is 2.30. The minimum Gasteiger partial charge on any atom is -0.481 e. The average molecular weight is 515 g/mol. The predicted molar refractivity (Wildman–Crippen MR) is 136 cm³/mol. The van der Waals surface area contributed by atoms with Gasteiger partial charge >= 0.3 is 5.97 Å². The second kappa shape index (κ2) is 11.5. The van der Waals surface area contributed by atoms with E-state index in [9.17, 15) is 18.0 Å². The van der Waals surface area contributed by atoms with Gasteiger partial charge in [0.25, 0.3) is 0 Å². The molecule has 1 heterocycles. The van der Waals surface area contributed by atoms with Crippen LogP contribution in [0.5, 0.6) is 0 Å². The number of aliphatic carboxylic acids is 1. The Kier molecular flexibility index (Phi) is 8.35. The molecule has 0 unspecified atom stereocenters. The quantitative estimate of drug-likeness (QED) is 0.412. The van der Waals surface area contributed by atoms with Crippen molar-refractivity contribution in [3.63, 3.8) is 0 Å². The fourth-order valence-electron chi connectivity index (χ4n) is 4.73. The Hall–Kier alpha value is -2.85. The van der Waals surface area contributed by atoms with Crippen LogP contribution in [0.4, 0.5) is 5.82 Å². The first kappa shape index (κ1) is 26.2. The number of carbonyl (C=O) groups is 2. The van der Waals surface area contributed by atoms with Crippen molar-refractivity contribution in [1.82, 2.24) is 14.7 Å². The summed E-state index contributed by atoms with van der Waals surface area (Å²) in [5.41, 5.74) is 1.74. The second-order valence-electron chi connectivity index (χ2n) is 9.88. The summed E-state index contributed by atoms with van der Waals surface area (Å²) in [6.07, 6.45) is 9.80. The number of hydrogen-bond donors (Lipinski definition) is 2. The number of nitrogens with one attached hydrogen (secondary N) is 1. The largest absolute Gasteiger partial charge is 0.481 e. The molecule has 0 bridgehead atoms. The predicted octanol–water partition coefficient (Wildman–Crippen LogP) is 3.51. The minimum absolute atomic E-state index is 0.0362. The van der Waals surface area contributed by atoms with Gasteiger partial charge in [-0.15, -0.1) is 0 Å². The first-order valence-corrected chi connectivity index (χ1v) is 14.1. The summed E-state index contributed by atoms with van der Waals surface area (Å²) < 4.78 is 27.2. The molecule has 1 aromatic carbocycles. The second-order valence-corrected chi connectivity index (χ2v) is 11.6. The van der Waals surface area contributed by atoms with Gasteiger partial charge in [-0.1, -0.05) is 25.3 Å². The van der Waals surface area contributed by atoms with E-state index in [4.69, 9.17) is 5.11 Å². The van der Waals surface area contributed by atoms with Gasteiger partial charge in [-0.3, -0.25) is 9.59 Å². The van der Waals surface area contributed by atoms with Crippen LogP contribution in [0.25, 0.3) is 0 Å². The number of benzene rings is 1. The Morgan fingerprint density at radius 3 is 2.50 bits per heavy atom. The van der Waals surface area contributed by atoms with E-state index in [1.807, 2.05) is 0 Å². The van der Waals surface area contributed by atoms with Crippen LogP contribution < -0.4 is 9.62 Å². The monoisotopic (exact) mass is 514 g/mol. The van der Waals surface area contributed by atoms with Gasteiger partial charge in [0, 0.05) is 31.6 Å². The maximum Gasteiger partial charge on any atom is 0.304 e. The Labute approximate surface area is 212 Å². The van der Waals surface area contributed by atoms with Crippen molar-refractivity contribution in [2.75, 3.05) is 18.0 Å². The van der Waals surface area contributed by atoms with Gasteiger partial charge in [0.05, 0.1) is 11.3 Å². The van der Waals surface area contributed by atoms with Crippen molar-refractivity contribution < 1.29 is 23.1 Å². The number of aryl methyl sites for hydroxylation is 1. The Bertz CT molecular complexity index is 1210. The fraction of sp³-hybridized carbons (Fsp3) is 0.538. The molecule has 2 saturated carbocycles. The number of Topliss-reactive ketones (excluding diaryl/α,β-unsaturated/α-hetero) is 1. The third-order valence-corrected chi connectivity index (χ3v) is 8.46. The van der Waals surface area contributed by atoms with Crippen LogP contribution in [0, 0.1) is 12.8 Å². The molecule has 2 aliphatic rings. The molecule has 0 aliphatic heterocycles. The van der Waals surface area contributed by atoms with Crippen LogP contribution >= 0.6 is 0 Å².